The smallest absolute Gasteiger partial charge is 0.153 e. The number of rotatable bonds is 3. The number of hydrogen-bond acceptors (Lipinski definition) is 3. The fourth-order valence-corrected chi connectivity index (χ4v) is 3.30. The highest BCUT2D eigenvalue weighted by atomic mass is 19.1. The monoisotopic (exact) mass is 346 g/mol. The lowest BCUT2D eigenvalue weighted by Crippen LogP contribution is -2.37. The van der Waals surface area contributed by atoms with Gasteiger partial charge in [0.2, 0.25) is 0 Å². The molecular weight excluding hydrogens is 329 g/mol. The van der Waals surface area contributed by atoms with Crippen LogP contribution in [0.2, 0.25) is 0 Å². The van der Waals surface area contributed by atoms with Gasteiger partial charge in [0.15, 0.2) is 5.82 Å². The summed E-state index contributed by atoms with van der Waals surface area (Å²) in [7, 11) is 1.90. The minimum Gasteiger partial charge on any atom is -0.371 e. The van der Waals surface area contributed by atoms with Crippen molar-refractivity contribution >= 4 is 16.7 Å². The molecule has 1 saturated heterocycles. The van der Waals surface area contributed by atoms with Gasteiger partial charge in [-0.05, 0) is 29.8 Å². The minimum atomic E-state index is -0.282. The van der Waals surface area contributed by atoms with Crippen LogP contribution in [0.5, 0.6) is 0 Å². The predicted octanol–water partition coefficient (Wildman–Crippen LogP) is 3.59. The molecular formula is C20H17FN5. The summed E-state index contributed by atoms with van der Waals surface area (Å²) >= 11 is 0. The molecule has 5 nitrogen and oxygen atoms in total. The number of nitrogens with zero attached hydrogens (tertiary/aromatic N) is 5. The Morgan fingerprint density at radius 3 is 2.46 bits per heavy atom. The molecule has 1 aliphatic rings. The molecule has 6 heteroatoms. The minimum absolute atomic E-state index is 0.282. The fourth-order valence-electron chi connectivity index (χ4n) is 3.30. The molecule has 0 atom stereocenters. The zero-order valence-electron chi connectivity index (χ0n) is 14.3. The molecule has 0 saturated carbocycles. The third kappa shape index (κ3) is 2.37. The largest absolute Gasteiger partial charge is 0.371 e. The third-order valence-electron chi connectivity index (χ3n) is 4.84. The van der Waals surface area contributed by atoms with E-state index in [2.05, 4.69) is 21.4 Å². The van der Waals surface area contributed by atoms with E-state index in [4.69, 9.17) is 0 Å². The quantitative estimate of drug-likeness (QED) is 0.569. The molecule has 4 aromatic rings. The van der Waals surface area contributed by atoms with Crippen LogP contribution in [0, 0.1) is 12.2 Å². The molecule has 0 spiro atoms. The van der Waals surface area contributed by atoms with E-state index in [0.717, 1.165) is 41.1 Å². The molecule has 0 bridgehead atoms. The van der Waals surface area contributed by atoms with Crippen LogP contribution in [0.4, 0.5) is 10.1 Å². The summed E-state index contributed by atoms with van der Waals surface area (Å²) in [5, 5.41) is 4.21. The Bertz CT molecular complexity index is 1090. The Balaban J connectivity index is 1.57. The van der Waals surface area contributed by atoms with Crippen molar-refractivity contribution in [1.29, 1.82) is 0 Å². The van der Waals surface area contributed by atoms with E-state index in [1.165, 1.54) is 0 Å². The average molecular weight is 346 g/mol. The van der Waals surface area contributed by atoms with Gasteiger partial charge in [0.05, 0.1) is 11.7 Å². The lowest BCUT2D eigenvalue weighted by Gasteiger charge is -2.32. The van der Waals surface area contributed by atoms with Gasteiger partial charge in [-0.25, -0.2) is 9.37 Å². The standard InChI is InChI=1S/C20H17FN5/c1-24-12-15(11-23-24)14-3-5-16(6-4-14)26-13-22-20-18(21)9-17(10-19(20)26)25-7-2-8-25/h2-6,9-13H,7-8H2,1H3. The molecule has 0 unspecified atom stereocenters. The SMILES string of the molecule is Cn1cc(-c2ccc(-n3cnc4c(F)cc(N5C[CH]C5)cc43)cc2)cn1. The van der Waals surface area contributed by atoms with Gasteiger partial charge < -0.3 is 4.90 Å². The molecule has 0 N–H and O–H groups in total. The normalized spacial score (nSPS) is 14.0. The number of hydrogen-bond donors (Lipinski definition) is 0. The molecule has 5 rings (SSSR count). The molecule has 26 heavy (non-hydrogen) atoms. The lowest BCUT2D eigenvalue weighted by atomic mass is 10.1. The highest BCUT2D eigenvalue weighted by Gasteiger charge is 2.18. The summed E-state index contributed by atoms with van der Waals surface area (Å²) in [5.41, 5.74) is 5.18. The summed E-state index contributed by atoms with van der Waals surface area (Å²) in [5.74, 6) is -0.282. The maximum atomic E-state index is 14.5. The van der Waals surface area contributed by atoms with Crippen LogP contribution in [-0.2, 0) is 7.05 Å². The zero-order valence-corrected chi connectivity index (χ0v) is 14.3. The summed E-state index contributed by atoms with van der Waals surface area (Å²) in [6, 6.07) is 11.7. The Morgan fingerprint density at radius 1 is 1.00 bits per heavy atom. The number of fused-ring (bicyclic) bond motifs is 1. The Hall–Kier alpha value is -3.15. The van der Waals surface area contributed by atoms with Crippen LogP contribution in [-0.4, -0.2) is 32.4 Å². The highest BCUT2D eigenvalue weighted by Crippen LogP contribution is 2.29. The van der Waals surface area contributed by atoms with Crippen molar-refractivity contribution in [3.8, 4) is 16.8 Å². The average Bonchev–Trinajstić information content (AvgIpc) is 3.20. The summed E-state index contributed by atoms with van der Waals surface area (Å²) < 4.78 is 18.2. The van der Waals surface area contributed by atoms with E-state index in [1.54, 1.807) is 17.1 Å². The zero-order chi connectivity index (χ0) is 17.7. The predicted molar refractivity (Wildman–Crippen MR) is 99.7 cm³/mol. The first-order chi connectivity index (χ1) is 12.7. The summed E-state index contributed by atoms with van der Waals surface area (Å²) in [6.45, 7) is 1.72. The van der Waals surface area contributed by atoms with Crippen molar-refractivity contribution in [2.24, 2.45) is 7.05 Å². The lowest BCUT2D eigenvalue weighted by molar-refractivity contribution is 0.635. The van der Waals surface area contributed by atoms with Gasteiger partial charge in [-0.15, -0.1) is 0 Å². The molecule has 0 aliphatic carbocycles. The second kappa shape index (κ2) is 5.69. The van der Waals surface area contributed by atoms with Crippen LogP contribution in [0.25, 0.3) is 27.8 Å². The third-order valence-corrected chi connectivity index (χ3v) is 4.84. The van der Waals surface area contributed by atoms with Crippen molar-refractivity contribution in [3.05, 3.63) is 67.4 Å². The summed E-state index contributed by atoms with van der Waals surface area (Å²) in [6.07, 6.45) is 7.66. The van der Waals surface area contributed by atoms with E-state index in [-0.39, 0.29) is 5.82 Å². The topological polar surface area (TPSA) is 38.9 Å². The number of halogens is 1. The van der Waals surface area contributed by atoms with Gasteiger partial charge in [0.1, 0.15) is 11.8 Å². The van der Waals surface area contributed by atoms with Crippen LogP contribution in [0.1, 0.15) is 0 Å². The molecule has 2 aromatic heterocycles. The number of aromatic nitrogens is 4. The number of anilines is 1. The van der Waals surface area contributed by atoms with E-state index < -0.39 is 0 Å². The van der Waals surface area contributed by atoms with E-state index in [1.807, 2.05) is 54.3 Å². The molecule has 1 radical (unpaired) electrons. The van der Waals surface area contributed by atoms with Crippen LogP contribution < -0.4 is 4.90 Å². The first kappa shape index (κ1) is 15.1. The molecule has 1 fully saturated rings. The number of benzene rings is 2. The second-order valence-electron chi connectivity index (χ2n) is 6.55. The molecule has 0 amide bonds. The Labute approximate surface area is 150 Å². The maximum absolute atomic E-state index is 14.5. The van der Waals surface area contributed by atoms with E-state index in [9.17, 15) is 4.39 Å². The fraction of sp³-hybridized carbons (Fsp3) is 0.150. The Morgan fingerprint density at radius 2 is 1.81 bits per heavy atom. The first-order valence-electron chi connectivity index (χ1n) is 8.52. The van der Waals surface area contributed by atoms with Gasteiger partial charge in [-0.2, -0.15) is 5.10 Å². The molecule has 129 valence electrons. The van der Waals surface area contributed by atoms with Crippen LogP contribution >= 0.6 is 0 Å². The van der Waals surface area contributed by atoms with Gasteiger partial charge in [-0.3, -0.25) is 9.25 Å². The van der Waals surface area contributed by atoms with Crippen molar-refractivity contribution in [2.75, 3.05) is 18.0 Å². The molecule has 3 heterocycles. The summed E-state index contributed by atoms with van der Waals surface area (Å²) in [4.78, 5) is 6.40. The maximum Gasteiger partial charge on any atom is 0.153 e. The van der Waals surface area contributed by atoms with Crippen molar-refractivity contribution in [2.45, 2.75) is 0 Å². The van der Waals surface area contributed by atoms with Crippen molar-refractivity contribution in [1.82, 2.24) is 19.3 Å². The van der Waals surface area contributed by atoms with Crippen molar-refractivity contribution < 1.29 is 4.39 Å². The highest BCUT2D eigenvalue weighted by molar-refractivity contribution is 5.82. The Kier molecular flexibility index (Phi) is 3.31. The van der Waals surface area contributed by atoms with Crippen LogP contribution in [0.15, 0.2) is 55.1 Å². The van der Waals surface area contributed by atoms with E-state index in [0.29, 0.717) is 5.52 Å². The van der Waals surface area contributed by atoms with Crippen LogP contribution in [0.3, 0.4) is 0 Å². The van der Waals surface area contributed by atoms with Gasteiger partial charge in [-0.1, -0.05) is 12.1 Å². The van der Waals surface area contributed by atoms with Crippen molar-refractivity contribution in [3.63, 3.8) is 0 Å². The second-order valence-corrected chi connectivity index (χ2v) is 6.55. The van der Waals surface area contributed by atoms with E-state index >= 15 is 0 Å². The van der Waals surface area contributed by atoms with Gasteiger partial charge >= 0.3 is 0 Å². The molecule has 2 aromatic carbocycles. The number of imidazole rings is 1. The van der Waals surface area contributed by atoms with Gasteiger partial charge in [0.25, 0.3) is 0 Å². The first-order valence-corrected chi connectivity index (χ1v) is 8.52. The molecule has 1 aliphatic heterocycles. The number of aryl methyl sites for hydroxylation is 1. The van der Waals surface area contributed by atoms with Gasteiger partial charge in [0, 0.05) is 49.7 Å².